The smallest absolute Gasteiger partial charge is 0.129 e. The van der Waals surface area contributed by atoms with Crippen molar-refractivity contribution >= 4 is 5.78 Å². The Morgan fingerprint density at radius 2 is 2.00 bits per heavy atom. The second kappa shape index (κ2) is 5.09. The number of hydrogen-bond donors (Lipinski definition) is 1. The van der Waals surface area contributed by atoms with Crippen LogP contribution in [0.4, 0.5) is 0 Å². The molecule has 0 aromatic heterocycles. The van der Waals surface area contributed by atoms with Gasteiger partial charge in [0.1, 0.15) is 5.78 Å². The number of rotatable bonds is 5. The minimum Gasteiger partial charge on any atom is -0.324 e. The van der Waals surface area contributed by atoms with Crippen molar-refractivity contribution in [1.82, 2.24) is 0 Å². The van der Waals surface area contributed by atoms with Gasteiger partial charge >= 0.3 is 0 Å². The van der Waals surface area contributed by atoms with Crippen molar-refractivity contribution in [3.8, 4) is 0 Å². The molecule has 12 heavy (non-hydrogen) atoms. The Bertz CT molecular complexity index is 173. The van der Waals surface area contributed by atoms with Gasteiger partial charge in [-0.2, -0.15) is 0 Å². The fourth-order valence-electron chi connectivity index (χ4n) is 0.972. The van der Waals surface area contributed by atoms with Crippen LogP contribution in [0.1, 0.15) is 33.6 Å². The van der Waals surface area contributed by atoms with E-state index in [1.807, 2.05) is 0 Å². The quantitative estimate of drug-likeness (QED) is 0.639. The Morgan fingerprint density at radius 1 is 1.50 bits per heavy atom. The zero-order valence-corrected chi connectivity index (χ0v) is 8.26. The standard InChI is InChI=1S/C10H19NO/c1-7(2)9(4)10(11)6-5-8(3)12/h7,10H,4-6,11H2,1-3H3. The van der Waals surface area contributed by atoms with Crippen LogP contribution in [0.2, 0.25) is 0 Å². The molecule has 2 nitrogen and oxygen atoms in total. The fourth-order valence-corrected chi connectivity index (χ4v) is 0.972. The van der Waals surface area contributed by atoms with Crippen LogP contribution >= 0.6 is 0 Å². The maximum absolute atomic E-state index is 10.7. The number of hydrogen-bond acceptors (Lipinski definition) is 2. The number of ketones is 1. The second-order valence-corrected chi connectivity index (χ2v) is 3.58. The average molecular weight is 169 g/mol. The predicted octanol–water partition coefficient (Wildman–Crippen LogP) is 1.90. The van der Waals surface area contributed by atoms with E-state index in [-0.39, 0.29) is 11.8 Å². The summed E-state index contributed by atoms with van der Waals surface area (Å²) in [5.74, 6) is 0.606. The van der Waals surface area contributed by atoms with Gasteiger partial charge in [0.2, 0.25) is 0 Å². The van der Waals surface area contributed by atoms with E-state index in [2.05, 4.69) is 20.4 Å². The molecule has 0 aromatic rings. The molecule has 0 fully saturated rings. The van der Waals surface area contributed by atoms with Crippen molar-refractivity contribution < 1.29 is 4.79 Å². The maximum Gasteiger partial charge on any atom is 0.129 e. The van der Waals surface area contributed by atoms with Crippen LogP contribution in [-0.2, 0) is 4.79 Å². The average Bonchev–Trinajstić information content (AvgIpc) is 1.98. The summed E-state index contributed by atoms with van der Waals surface area (Å²) in [6.07, 6.45) is 1.29. The third kappa shape index (κ3) is 4.29. The monoisotopic (exact) mass is 169 g/mol. The lowest BCUT2D eigenvalue weighted by Gasteiger charge is -2.16. The summed E-state index contributed by atoms with van der Waals surface area (Å²) in [4.78, 5) is 10.7. The summed E-state index contributed by atoms with van der Waals surface area (Å²) in [6.45, 7) is 9.61. The number of carbonyl (C=O) groups is 1. The molecule has 0 aliphatic heterocycles. The van der Waals surface area contributed by atoms with Crippen LogP contribution in [0.25, 0.3) is 0 Å². The van der Waals surface area contributed by atoms with Crippen LogP contribution in [0.15, 0.2) is 12.2 Å². The van der Waals surface area contributed by atoms with Gasteiger partial charge < -0.3 is 10.5 Å². The molecule has 0 aromatic carbocycles. The van der Waals surface area contributed by atoms with Gasteiger partial charge in [-0.15, -0.1) is 0 Å². The molecule has 0 rings (SSSR count). The molecule has 0 bridgehead atoms. The molecule has 0 heterocycles. The first-order chi connectivity index (χ1) is 5.45. The summed E-state index contributed by atoms with van der Waals surface area (Å²) in [6, 6.07) is -0.0195. The van der Waals surface area contributed by atoms with E-state index in [9.17, 15) is 4.79 Å². The van der Waals surface area contributed by atoms with Gasteiger partial charge in [0.25, 0.3) is 0 Å². The fraction of sp³-hybridized carbons (Fsp3) is 0.700. The molecular weight excluding hydrogens is 150 g/mol. The van der Waals surface area contributed by atoms with Gasteiger partial charge in [-0.1, -0.05) is 26.0 Å². The molecule has 2 N–H and O–H groups in total. The van der Waals surface area contributed by atoms with Gasteiger partial charge in [0.15, 0.2) is 0 Å². The third-order valence-corrected chi connectivity index (χ3v) is 2.03. The van der Waals surface area contributed by atoms with E-state index < -0.39 is 0 Å². The van der Waals surface area contributed by atoms with E-state index in [1.54, 1.807) is 6.92 Å². The molecule has 0 saturated carbocycles. The topological polar surface area (TPSA) is 43.1 Å². The minimum atomic E-state index is -0.0195. The van der Waals surface area contributed by atoms with E-state index in [1.165, 1.54) is 0 Å². The molecule has 0 saturated heterocycles. The predicted molar refractivity (Wildman–Crippen MR) is 51.9 cm³/mol. The zero-order valence-electron chi connectivity index (χ0n) is 8.26. The van der Waals surface area contributed by atoms with E-state index >= 15 is 0 Å². The van der Waals surface area contributed by atoms with Gasteiger partial charge in [0, 0.05) is 12.5 Å². The van der Waals surface area contributed by atoms with Crippen molar-refractivity contribution in [3.05, 3.63) is 12.2 Å². The first kappa shape index (κ1) is 11.4. The van der Waals surface area contributed by atoms with Crippen LogP contribution in [0, 0.1) is 5.92 Å². The van der Waals surface area contributed by atoms with E-state index in [0.717, 1.165) is 12.0 Å². The molecule has 2 heteroatoms. The number of Topliss-reactive ketones (excluding diaryl/α,β-unsaturated/α-hetero) is 1. The summed E-state index contributed by atoms with van der Waals surface area (Å²) >= 11 is 0. The molecule has 0 amide bonds. The van der Waals surface area contributed by atoms with Gasteiger partial charge in [-0.3, -0.25) is 0 Å². The highest BCUT2D eigenvalue weighted by Gasteiger charge is 2.10. The maximum atomic E-state index is 10.7. The lowest BCUT2D eigenvalue weighted by Crippen LogP contribution is -2.25. The summed E-state index contributed by atoms with van der Waals surface area (Å²) in [5.41, 5.74) is 6.85. The summed E-state index contributed by atoms with van der Waals surface area (Å²) in [5, 5.41) is 0. The second-order valence-electron chi connectivity index (χ2n) is 3.58. The molecular formula is C10H19NO. The highest BCUT2D eigenvalue weighted by Crippen LogP contribution is 2.13. The Labute approximate surface area is 74.8 Å². The Morgan fingerprint density at radius 3 is 2.33 bits per heavy atom. The van der Waals surface area contributed by atoms with Crippen molar-refractivity contribution in [1.29, 1.82) is 0 Å². The van der Waals surface area contributed by atoms with Crippen LogP contribution in [0.5, 0.6) is 0 Å². The Hall–Kier alpha value is -0.630. The van der Waals surface area contributed by atoms with E-state index in [0.29, 0.717) is 12.3 Å². The molecule has 70 valence electrons. The lowest BCUT2D eigenvalue weighted by molar-refractivity contribution is -0.117. The Balaban J connectivity index is 3.79. The van der Waals surface area contributed by atoms with Gasteiger partial charge in [-0.25, -0.2) is 0 Å². The van der Waals surface area contributed by atoms with Gasteiger partial charge in [-0.05, 0) is 19.3 Å². The Kier molecular flexibility index (Phi) is 4.83. The number of carbonyl (C=O) groups excluding carboxylic acids is 1. The highest BCUT2D eigenvalue weighted by atomic mass is 16.1. The molecule has 1 atom stereocenters. The van der Waals surface area contributed by atoms with Gasteiger partial charge in [0.05, 0.1) is 0 Å². The molecule has 1 unspecified atom stereocenters. The van der Waals surface area contributed by atoms with Crippen LogP contribution < -0.4 is 5.73 Å². The van der Waals surface area contributed by atoms with Crippen molar-refractivity contribution in [2.45, 2.75) is 39.7 Å². The molecule has 0 aliphatic rings. The zero-order chi connectivity index (χ0) is 9.72. The molecule has 0 aliphatic carbocycles. The number of nitrogens with two attached hydrogens (primary N) is 1. The molecule has 0 spiro atoms. The summed E-state index contributed by atoms with van der Waals surface area (Å²) < 4.78 is 0. The SMILES string of the molecule is C=C(C(C)C)C(N)CCC(C)=O. The van der Waals surface area contributed by atoms with Crippen molar-refractivity contribution in [2.75, 3.05) is 0 Å². The largest absolute Gasteiger partial charge is 0.324 e. The van der Waals surface area contributed by atoms with Crippen molar-refractivity contribution in [3.63, 3.8) is 0 Å². The minimum absolute atomic E-state index is 0.0195. The molecule has 0 radical (unpaired) electrons. The van der Waals surface area contributed by atoms with E-state index in [4.69, 9.17) is 5.73 Å². The summed E-state index contributed by atoms with van der Waals surface area (Å²) in [7, 11) is 0. The third-order valence-electron chi connectivity index (χ3n) is 2.03. The van der Waals surface area contributed by atoms with Crippen molar-refractivity contribution in [2.24, 2.45) is 11.7 Å². The lowest BCUT2D eigenvalue weighted by atomic mass is 9.94. The first-order valence-electron chi connectivity index (χ1n) is 4.38. The normalized spacial score (nSPS) is 13.1. The van der Waals surface area contributed by atoms with Crippen LogP contribution in [-0.4, -0.2) is 11.8 Å². The van der Waals surface area contributed by atoms with Crippen LogP contribution in [0.3, 0.4) is 0 Å². The first-order valence-corrected chi connectivity index (χ1v) is 4.38. The highest BCUT2D eigenvalue weighted by molar-refractivity contribution is 5.75.